The van der Waals surface area contributed by atoms with E-state index < -0.39 is 23.5 Å². The number of alkyl halides is 6. The van der Waals surface area contributed by atoms with E-state index in [-0.39, 0.29) is 11.4 Å². The van der Waals surface area contributed by atoms with E-state index in [1.54, 1.807) is 0 Å². The number of hydrogen-bond acceptors (Lipinski definition) is 2. The minimum Gasteiger partial charge on any atom is -0.306 e. The van der Waals surface area contributed by atoms with Gasteiger partial charge in [0, 0.05) is 35.9 Å². The second-order valence-electron chi connectivity index (χ2n) is 6.40. The van der Waals surface area contributed by atoms with Gasteiger partial charge in [-0.15, -0.1) is 0 Å². The number of aromatic nitrogens is 4. The lowest BCUT2D eigenvalue weighted by atomic mass is 9.97. The molecule has 0 N–H and O–H groups in total. The Hall–Kier alpha value is -3.56. The van der Waals surface area contributed by atoms with E-state index in [0.717, 1.165) is 24.3 Å². The van der Waals surface area contributed by atoms with Crippen molar-refractivity contribution in [3.05, 3.63) is 85.0 Å². The Labute approximate surface area is 166 Å². The SMILES string of the molecule is FC(F)(F)c1ccc(-c2ccc(C(F)(F)F)cc2-n2ccnc2)c(-n2ccnc2)c1. The first-order chi connectivity index (χ1) is 14.1. The molecule has 2 aromatic carbocycles. The normalized spacial score (nSPS) is 12.3. The molecule has 4 aromatic rings. The predicted octanol–water partition coefficient (Wildman–Crippen LogP) is 5.76. The van der Waals surface area contributed by atoms with Gasteiger partial charge in [-0.05, 0) is 24.3 Å². The average molecular weight is 422 g/mol. The minimum atomic E-state index is -4.58. The third-order valence-corrected chi connectivity index (χ3v) is 4.51. The zero-order valence-electron chi connectivity index (χ0n) is 15.0. The van der Waals surface area contributed by atoms with Crippen LogP contribution in [0.4, 0.5) is 26.3 Å². The van der Waals surface area contributed by atoms with Gasteiger partial charge in [-0.1, -0.05) is 12.1 Å². The molecule has 30 heavy (non-hydrogen) atoms. The van der Waals surface area contributed by atoms with Crippen molar-refractivity contribution in [1.29, 1.82) is 0 Å². The zero-order valence-corrected chi connectivity index (χ0v) is 15.0. The molecular formula is C20H12F6N4. The highest BCUT2D eigenvalue weighted by atomic mass is 19.4. The van der Waals surface area contributed by atoms with Crippen molar-refractivity contribution in [3.63, 3.8) is 0 Å². The van der Waals surface area contributed by atoms with Gasteiger partial charge in [-0.3, -0.25) is 0 Å². The standard InChI is InChI=1S/C20H12F6N4/c21-19(22,23)13-1-3-15(17(9-13)29-7-5-27-11-29)16-4-2-14(20(24,25)26)10-18(16)30-8-6-28-12-30/h1-12H. The van der Waals surface area contributed by atoms with E-state index in [0.29, 0.717) is 11.1 Å². The molecule has 0 bridgehead atoms. The summed E-state index contributed by atoms with van der Waals surface area (Å²) in [6.45, 7) is 0. The highest BCUT2D eigenvalue weighted by Gasteiger charge is 2.33. The predicted molar refractivity (Wildman–Crippen MR) is 96.1 cm³/mol. The Bertz CT molecular complexity index is 1070. The molecule has 2 heterocycles. The van der Waals surface area contributed by atoms with Crippen LogP contribution < -0.4 is 0 Å². The van der Waals surface area contributed by atoms with Crippen molar-refractivity contribution in [1.82, 2.24) is 19.1 Å². The maximum atomic E-state index is 13.3. The average Bonchev–Trinajstić information content (AvgIpc) is 3.39. The molecule has 0 saturated carbocycles. The Morgan fingerprint density at radius 2 is 1.00 bits per heavy atom. The molecule has 4 rings (SSSR count). The molecule has 10 heteroatoms. The van der Waals surface area contributed by atoms with Gasteiger partial charge in [0.1, 0.15) is 0 Å². The van der Waals surface area contributed by atoms with E-state index in [4.69, 9.17) is 0 Å². The number of benzene rings is 2. The monoisotopic (exact) mass is 422 g/mol. The topological polar surface area (TPSA) is 35.6 Å². The van der Waals surface area contributed by atoms with Gasteiger partial charge < -0.3 is 9.13 Å². The van der Waals surface area contributed by atoms with Crippen molar-refractivity contribution in [2.45, 2.75) is 12.4 Å². The number of imidazole rings is 2. The number of halogens is 6. The first-order valence-corrected chi connectivity index (χ1v) is 8.54. The van der Waals surface area contributed by atoms with E-state index in [9.17, 15) is 26.3 Å². The van der Waals surface area contributed by atoms with Gasteiger partial charge in [0.25, 0.3) is 0 Å². The second kappa shape index (κ2) is 7.05. The Morgan fingerprint density at radius 3 is 1.30 bits per heavy atom. The smallest absolute Gasteiger partial charge is 0.306 e. The molecule has 0 aliphatic rings. The molecule has 0 fully saturated rings. The first-order valence-electron chi connectivity index (χ1n) is 8.54. The van der Waals surface area contributed by atoms with E-state index >= 15 is 0 Å². The third-order valence-electron chi connectivity index (χ3n) is 4.51. The summed E-state index contributed by atoms with van der Waals surface area (Å²) in [6.07, 6.45) is -0.816. The first kappa shape index (κ1) is 19.7. The Kier molecular flexibility index (Phi) is 4.64. The van der Waals surface area contributed by atoms with Gasteiger partial charge in [0.2, 0.25) is 0 Å². The number of nitrogens with zero attached hydrogens (tertiary/aromatic N) is 4. The number of rotatable bonds is 3. The van der Waals surface area contributed by atoms with Crippen molar-refractivity contribution < 1.29 is 26.3 Å². The van der Waals surface area contributed by atoms with Crippen LogP contribution in [0, 0.1) is 0 Å². The quantitative estimate of drug-likeness (QED) is 0.394. The Morgan fingerprint density at radius 1 is 0.600 bits per heavy atom. The minimum absolute atomic E-state index is 0.128. The van der Waals surface area contributed by atoms with Gasteiger partial charge in [-0.2, -0.15) is 26.3 Å². The van der Waals surface area contributed by atoms with Crippen LogP contribution in [-0.4, -0.2) is 19.1 Å². The van der Waals surface area contributed by atoms with Crippen LogP contribution in [0.2, 0.25) is 0 Å². The second-order valence-corrected chi connectivity index (χ2v) is 6.40. The maximum absolute atomic E-state index is 13.3. The fourth-order valence-electron chi connectivity index (χ4n) is 3.10. The number of hydrogen-bond donors (Lipinski definition) is 0. The fourth-order valence-corrected chi connectivity index (χ4v) is 3.10. The van der Waals surface area contributed by atoms with E-state index in [1.807, 2.05) is 0 Å². The molecule has 0 saturated heterocycles. The lowest BCUT2D eigenvalue weighted by Gasteiger charge is -2.18. The Balaban J connectivity index is 1.99. The van der Waals surface area contributed by atoms with Crippen LogP contribution in [0.1, 0.15) is 11.1 Å². The van der Waals surface area contributed by atoms with Crippen molar-refractivity contribution in [2.24, 2.45) is 0 Å². The summed E-state index contributed by atoms with van der Waals surface area (Å²) in [5.74, 6) is 0. The summed E-state index contributed by atoms with van der Waals surface area (Å²) >= 11 is 0. The summed E-state index contributed by atoms with van der Waals surface area (Å²) in [7, 11) is 0. The van der Waals surface area contributed by atoms with Gasteiger partial charge >= 0.3 is 12.4 Å². The lowest BCUT2D eigenvalue weighted by molar-refractivity contribution is -0.138. The van der Waals surface area contributed by atoms with Gasteiger partial charge in [-0.25, -0.2) is 9.97 Å². The largest absolute Gasteiger partial charge is 0.416 e. The van der Waals surface area contributed by atoms with Crippen LogP contribution >= 0.6 is 0 Å². The summed E-state index contributed by atoms with van der Waals surface area (Å²) < 4.78 is 82.4. The van der Waals surface area contributed by atoms with E-state index in [2.05, 4.69) is 9.97 Å². The molecule has 0 aliphatic heterocycles. The van der Waals surface area contributed by atoms with E-state index in [1.165, 1.54) is 58.7 Å². The zero-order chi connectivity index (χ0) is 21.5. The van der Waals surface area contributed by atoms with Crippen LogP contribution in [0.3, 0.4) is 0 Å². The molecular weight excluding hydrogens is 410 g/mol. The lowest BCUT2D eigenvalue weighted by Crippen LogP contribution is -2.09. The summed E-state index contributed by atoms with van der Waals surface area (Å²) in [5, 5.41) is 0. The molecule has 0 spiro atoms. The van der Waals surface area contributed by atoms with Gasteiger partial charge in [0.05, 0.1) is 35.2 Å². The molecule has 4 nitrogen and oxygen atoms in total. The van der Waals surface area contributed by atoms with Crippen molar-refractivity contribution in [3.8, 4) is 22.5 Å². The fraction of sp³-hybridized carbons (Fsp3) is 0.100. The molecule has 154 valence electrons. The third kappa shape index (κ3) is 3.68. The highest BCUT2D eigenvalue weighted by Crippen LogP contribution is 2.39. The van der Waals surface area contributed by atoms with Gasteiger partial charge in [0.15, 0.2) is 0 Å². The maximum Gasteiger partial charge on any atom is 0.416 e. The summed E-state index contributed by atoms with van der Waals surface area (Å²) in [6, 6.07) is 6.14. The van der Waals surface area contributed by atoms with Crippen molar-refractivity contribution in [2.75, 3.05) is 0 Å². The van der Waals surface area contributed by atoms with Crippen molar-refractivity contribution >= 4 is 0 Å². The highest BCUT2D eigenvalue weighted by molar-refractivity contribution is 5.80. The van der Waals surface area contributed by atoms with Crippen LogP contribution in [0.5, 0.6) is 0 Å². The summed E-state index contributed by atoms with van der Waals surface area (Å²) in [5.41, 5.74) is -0.902. The molecule has 0 radical (unpaired) electrons. The molecule has 0 unspecified atom stereocenters. The molecule has 2 aromatic heterocycles. The van der Waals surface area contributed by atoms with Crippen LogP contribution in [0.25, 0.3) is 22.5 Å². The van der Waals surface area contributed by atoms with Crippen LogP contribution in [-0.2, 0) is 12.4 Å². The summed E-state index contributed by atoms with van der Waals surface area (Å²) in [4.78, 5) is 7.72. The van der Waals surface area contributed by atoms with Crippen LogP contribution in [0.15, 0.2) is 73.8 Å². The molecule has 0 aliphatic carbocycles. The molecule has 0 amide bonds. The molecule has 0 atom stereocenters.